The average Bonchev–Trinajstić information content (AvgIpc) is 2.74. The maximum atomic E-state index is 12.7. The van der Waals surface area contributed by atoms with Crippen LogP contribution in [0.1, 0.15) is 63.5 Å². The van der Waals surface area contributed by atoms with E-state index in [-0.39, 0.29) is 5.57 Å². The minimum atomic E-state index is -0.546. The summed E-state index contributed by atoms with van der Waals surface area (Å²) in [5.41, 5.74) is 2.33. The lowest BCUT2D eigenvalue weighted by atomic mass is 9.93. The van der Waals surface area contributed by atoms with Gasteiger partial charge in [-0.3, -0.25) is 0 Å². The van der Waals surface area contributed by atoms with Gasteiger partial charge in [-0.15, -0.1) is 0 Å². The van der Waals surface area contributed by atoms with Crippen molar-refractivity contribution in [3.8, 4) is 6.07 Å². The fourth-order valence-corrected chi connectivity index (χ4v) is 3.29. The first-order valence-electron chi connectivity index (χ1n) is 10.6. The number of rotatable bonds is 11. The Labute approximate surface area is 175 Å². The van der Waals surface area contributed by atoms with E-state index in [2.05, 4.69) is 19.9 Å². The van der Waals surface area contributed by atoms with Crippen LogP contribution in [0.15, 0.2) is 66.2 Å². The highest BCUT2D eigenvalue weighted by Gasteiger charge is 2.19. The zero-order valence-electron chi connectivity index (χ0n) is 17.6. The minimum absolute atomic E-state index is 0.0549. The van der Waals surface area contributed by atoms with Crippen molar-refractivity contribution >= 4 is 11.5 Å². The zero-order chi connectivity index (χ0) is 20.9. The molecule has 0 saturated heterocycles. The quantitative estimate of drug-likeness (QED) is 0.189. The van der Waals surface area contributed by atoms with Gasteiger partial charge in [-0.05, 0) is 23.5 Å². The number of nitriles is 1. The fraction of sp³-hybridized carbons (Fsp3) is 0.385. The third kappa shape index (κ3) is 7.58. The minimum Gasteiger partial charge on any atom is -0.462 e. The smallest absolute Gasteiger partial charge is 0.349 e. The molecule has 0 radical (unpaired) electrons. The molecule has 3 heteroatoms. The summed E-state index contributed by atoms with van der Waals surface area (Å²) in [7, 11) is 0. The molecule has 0 aromatic heterocycles. The van der Waals surface area contributed by atoms with Gasteiger partial charge < -0.3 is 4.74 Å². The largest absolute Gasteiger partial charge is 0.462 e. The molecule has 0 atom stereocenters. The lowest BCUT2D eigenvalue weighted by molar-refractivity contribution is -0.138. The van der Waals surface area contributed by atoms with Crippen molar-refractivity contribution in [1.82, 2.24) is 0 Å². The number of nitrogens with zero attached hydrogens (tertiary/aromatic N) is 1. The molecule has 2 aromatic carbocycles. The summed E-state index contributed by atoms with van der Waals surface area (Å²) >= 11 is 0. The first-order chi connectivity index (χ1) is 14.1. The summed E-state index contributed by atoms with van der Waals surface area (Å²) in [6.07, 6.45) is 6.79. The summed E-state index contributed by atoms with van der Waals surface area (Å²) in [4.78, 5) is 12.7. The first kappa shape index (κ1) is 22.4. The number of esters is 1. The second-order valence-electron chi connectivity index (χ2n) is 7.68. The van der Waals surface area contributed by atoms with Crippen molar-refractivity contribution in [2.24, 2.45) is 5.92 Å². The topological polar surface area (TPSA) is 50.1 Å². The summed E-state index contributed by atoms with van der Waals surface area (Å²) in [6.45, 7) is 4.85. The maximum absolute atomic E-state index is 12.7. The Bertz CT molecular complexity index is 775. The van der Waals surface area contributed by atoms with E-state index in [9.17, 15) is 10.1 Å². The number of carbonyl (C=O) groups excluding carboxylic acids is 1. The second kappa shape index (κ2) is 12.6. The number of carbonyl (C=O) groups is 1. The highest BCUT2D eigenvalue weighted by Crippen LogP contribution is 2.27. The van der Waals surface area contributed by atoms with Crippen LogP contribution in [-0.4, -0.2) is 12.6 Å². The van der Waals surface area contributed by atoms with Crippen LogP contribution in [0.4, 0.5) is 0 Å². The van der Waals surface area contributed by atoms with Crippen LogP contribution < -0.4 is 0 Å². The molecule has 2 rings (SSSR count). The monoisotopic (exact) mass is 389 g/mol. The number of hydrogen-bond acceptors (Lipinski definition) is 3. The molecule has 0 amide bonds. The molecule has 152 valence electrons. The van der Waals surface area contributed by atoms with Gasteiger partial charge in [0, 0.05) is 5.57 Å². The van der Waals surface area contributed by atoms with Crippen molar-refractivity contribution in [1.29, 1.82) is 5.26 Å². The molecule has 0 heterocycles. The van der Waals surface area contributed by atoms with E-state index in [1.54, 1.807) is 0 Å². The standard InChI is InChI=1S/C26H31NO2/c1-21(2)14-8-4-3-5-13-19-29-26(28)24(20-27)25(22-15-9-6-10-16-22)23-17-11-7-12-18-23/h6-7,9-12,15-18,21H,3-5,8,13-14,19H2,1-2H3. The van der Waals surface area contributed by atoms with Crippen LogP contribution in [0.3, 0.4) is 0 Å². The van der Waals surface area contributed by atoms with E-state index in [1.165, 1.54) is 19.3 Å². The fourth-order valence-electron chi connectivity index (χ4n) is 3.29. The third-order valence-corrected chi connectivity index (χ3v) is 4.85. The zero-order valence-corrected chi connectivity index (χ0v) is 17.6. The van der Waals surface area contributed by atoms with Crippen molar-refractivity contribution in [2.75, 3.05) is 6.61 Å². The van der Waals surface area contributed by atoms with Gasteiger partial charge >= 0.3 is 5.97 Å². The Morgan fingerprint density at radius 2 is 1.38 bits per heavy atom. The Balaban J connectivity index is 2.01. The molecule has 0 spiro atoms. The van der Waals surface area contributed by atoms with E-state index < -0.39 is 5.97 Å². The van der Waals surface area contributed by atoms with Crippen molar-refractivity contribution in [3.05, 3.63) is 77.4 Å². The lowest BCUT2D eigenvalue weighted by Crippen LogP contribution is -2.11. The van der Waals surface area contributed by atoms with Gasteiger partial charge in [-0.25, -0.2) is 4.79 Å². The average molecular weight is 390 g/mol. The molecule has 3 nitrogen and oxygen atoms in total. The Morgan fingerprint density at radius 3 is 1.90 bits per heavy atom. The van der Waals surface area contributed by atoms with E-state index in [0.717, 1.165) is 36.3 Å². The lowest BCUT2D eigenvalue weighted by Gasteiger charge is -2.12. The van der Waals surface area contributed by atoms with E-state index in [4.69, 9.17) is 4.74 Å². The Hall–Kier alpha value is -2.86. The first-order valence-corrected chi connectivity index (χ1v) is 10.6. The number of ether oxygens (including phenoxy) is 1. The molecular formula is C26H31NO2. The van der Waals surface area contributed by atoms with Crippen LogP contribution >= 0.6 is 0 Å². The Morgan fingerprint density at radius 1 is 0.862 bits per heavy atom. The molecule has 0 aliphatic carbocycles. The van der Waals surface area contributed by atoms with Crippen LogP contribution in [0.2, 0.25) is 0 Å². The molecule has 0 fully saturated rings. The van der Waals surface area contributed by atoms with Crippen molar-refractivity contribution in [2.45, 2.75) is 52.4 Å². The summed E-state index contributed by atoms with van der Waals surface area (Å²) < 4.78 is 5.44. The number of benzene rings is 2. The van der Waals surface area contributed by atoms with Crippen LogP contribution in [0, 0.1) is 17.2 Å². The molecule has 0 unspecified atom stereocenters. The second-order valence-corrected chi connectivity index (χ2v) is 7.68. The molecule has 0 aliphatic rings. The van der Waals surface area contributed by atoms with Crippen molar-refractivity contribution in [3.63, 3.8) is 0 Å². The van der Waals surface area contributed by atoms with Gasteiger partial charge in [0.15, 0.2) is 0 Å². The third-order valence-electron chi connectivity index (χ3n) is 4.85. The van der Waals surface area contributed by atoms with Crippen LogP contribution in [0.5, 0.6) is 0 Å². The Kier molecular flexibility index (Phi) is 9.72. The summed E-state index contributed by atoms with van der Waals surface area (Å²) in [5, 5.41) is 9.73. The van der Waals surface area contributed by atoms with Gasteiger partial charge in [0.25, 0.3) is 0 Å². The predicted molar refractivity (Wildman–Crippen MR) is 118 cm³/mol. The van der Waals surface area contributed by atoms with E-state index in [0.29, 0.717) is 12.2 Å². The number of unbranched alkanes of at least 4 members (excludes halogenated alkanes) is 4. The number of hydrogen-bond donors (Lipinski definition) is 0. The molecule has 0 N–H and O–H groups in total. The molecule has 29 heavy (non-hydrogen) atoms. The van der Waals surface area contributed by atoms with Gasteiger partial charge in [0.2, 0.25) is 0 Å². The highest BCUT2D eigenvalue weighted by molar-refractivity contribution is 6.05. The predicted octanol–water partition coefficient (Wildman–Crippen LogP) is 6.55. The van der Waals surface area contributed by atoms with Crippen LogP contribution in [-0.2, 0) is 9.53 Å². The molecular weight excluding hydrogens is 358 g/mol. The van der Waals surface area contributed by atoms with Crippen LogP contribution in [0.25, 0.3) is 5.57 Å². The molecule has 0 saturated carbocycles. The normalized spacial score (nSPS) is 10.4. The van der Waals surface area contributed by atoms with Gasteiger partial charge in [0.05, 0.1) is 6.61 Å². The van der Waals surface area contributed by atoms with Gasteiger partial charge in [-0.1, -0.05) is 107 Å². The van der Waals surface area contributed by atoms with Crippen molar-refractivity contribution < 1.29 is 9.53 Å². The van der Waals surface area contributed by atoms with E-state index >= 15 is 0 Å². The molecule has 2 aromatic rings. The van der Waals surface area contributed by atoms with Gasteiger partial charge in [-0.2, -0.15) is 5.26 Å². The molecule has 0 bridgehead atoms. The maximum Gasteiger partial charge on any atom is 0.349 e. The molecule has 0 aliphatic heterocycles. The summed E-state index contributed by atoms with van der Waals surface area (Å²) in [5.74, 6) is 0.214. The van der Waals surface area contributed by atoms with E-state index in [1.807, 2.05) is 60.7 Å². The van der Waals surface area contributed by atoms with Gasteiger partial charge in [0.1, 0.15) is 11.6 Å². The SMILES string of the molecule is CC(C)CCCCCCCOC(=O)C(C#N)=C(c1ccccc1)c1ccccc1. The highest BCUT2D eigenvalue weighted by atomic mass is 16.5. The summed E-state index contributed by atoms with van der Waals surface area (Å²) in [6, 6.07) is 21.1.